The normalized spacial score (nSPS) is 11.6. The van der Waals surface area contributed by atoms with Crippen LogP contribution in [0.4, 0.5) is 5.69 Å². The number of rotatable bonds is 8. The number of hydrogen-bond donors (Lipinski definition) is 2. The van der Waals surface area contributed by atoms with Gasteiger partial charge in [-0.3, -0.25) is 9.10 Å². The summed E-state index contributed by atoms with van der Waals surface area (Å²) in [4.78, 5) is 12.8. The smallest absolute Gasteiger partial charge is 0.253 e. The van der Waals surface area contributed by atoms with E-state index in [2.05, 4.69) is 5.32 Å². The zero-order chi connectivity index (χ0) is 22.7. The Morgan fingerprint density at radius 3 is 2.03 bits per heavy atom. The van der Waals surface area contributed by atoms with E-state index in [1.165, 1.54) is 57.7 Å². The summed E-state index contributed by atoms with van der Waals surface area (Å²) in [5, 5.41) is 7.73. The Morgan fingerprint density at radius 1 is 1.03 bits per heavy atom. The molecule has 12 heteroatoms. The molecule has 0 aliphatic heterocycles. The topological polar surface area (TPSA) is 145 Å². The van der Waals surface area contributed by atoms with Crippen LogP contribution < -0.4 is 24.2 Å². The minimum absolute atomic E-state index is 0.0467. The second kappa shape index (κ2) is 8.90. The largest absolute Gasteiger partial charge is 0.493 e. The zero-order valence-corrected chi connectivity index (χ0v) is 18.5. The molecule has 0 saturated carbocycles. The minimum atomic E-state index is -3.81. The number of sulfonamides is 2. The van der Waals surface area contributed by atoms with E-state index in [1.807, 2.05) is 0 Å². The fourth-order valence-electron chi connectivity index (χ4n) is 2.56. The van der Waals surface area contributed by atoms with Crippen molar-refractivity contribution in [3.8, 4) is 11.5 Å². The van der Waals surface area contributed by atoms with Gasteiger partial charge in [-0.15, -0.1) is 0 Å². The summed E-state index contributed by atoms with van der Waals surface area (Å²) in [5.74, 6) is -0.0408. The predicted octanol–water partition coefficient (Wildman–Crippen LogP) is 0.677. The Kier molecular flexibility index (Phi) is 6.95. The Hall–Kier alpha value is -2.83. The van der Waals surface area contributed by atoms with Crippen LogP contribution in [0, 0.1) is 0 Å². The maximum absolute atomic E-state index is 12.8. The highest BCUT2D eigenvalue weighted by Gasteiger charge is 2.23. The number of carbonyl (C=O) groups is 1. The molecule has 3 N–H and O–H groups in total. The zero-order valence-electron chi connectivity index (χ0n) is 16.9. The van der Waals surface area contributed by atoms with Gasteiger partial charge in [-0.1, -0.05) is 12.1 Å². The molecule has 2 aromatic rings. The summed E-state index contributed by atoms with van der Waals surface area (Å²) < 4.78 is 58.1. The number of anilines is 1. The summed E-state index contributed by atoms with van der Waals surface area (Å²) in [7, 11) is -3.36. The summed E-state index contributed by atoms with van der Waals surface area (Å²) in [6, 6.07) is 8.47. The molecule has 0 fully saturated rings. The quantitative estimate of drug-likeness (QED) is 0.593. The minimum Gasteiger partial charge on any atom is -0.493 e. The molecule has 0 spiro atoms. The van der Waals surface area contributed by atoms with Crippen LogP contribution in [0.3, 0.4) is 0 Å². The van der Waals surface area contributed by atoms with Crippen LogP contribution >= 0.6 is 0 Å². The monoisotopic (exact) mass is 457 g/mol. The number of amides is 1. The summed E-state index contributed by atoms with van der Waals surface area (Å²) in [6.07, 6.45) is 1.01. The van der Waals surface area contributed by atoms with Crippen LogP contribution in [0.15, 0.2) is 41.3 Å². The molecule has 0 bridgehead atoms. The van der Waals surface area contributed by atoms with Crippen LogP contribution in [0.25, 0.3) is 0 Å². The van der Waals surface area contributed by atoms with E-state index in [9.17, 15) is 21.6 Å². The lowest BCUT2D eigenvalue weighted by Gasteiger charge is -2.22. The first-order valence-corrected chi connectivity index (χ1v) is 11.9. The lowest BCUT2D eigenvalue weighted by molar-refractivity contribution is 0.0951. The predicted molar refractivity (Wildman–Crippen MR) is 112 cm³/mol. The van der Waals surface area contributed by atoms with Crippen LogP contribution in [0.2, 0.25) is 0 Å². The number of nitrogens with one attached hydrogen (secondary N) is 1. The number of nitrogens with two attached hydrogens (primary N) is 1. The second-order valence-electron chi connectivity index (χ2n) is 6.33. The molecular formula is C18H23N3O7S2. The first kappa shape index (κ1) is 23.4. The highest BCUT2D eigenvalue weighted by atomic mass is 32.2. The molecule has 0 aromatic heterocycles. The third kappa shape index (κ3) is 5.40. The molecule has 2 rings (SSSR count). The third-order valence-electron chi connectivity index (χ3n) is 4.29. The number of methoxy groups -OCH3 is 2. The van der Waals surface area contributed by atoms with E-state index in [0.29, 0.717) is 5.56 Å². The van der Waals surface area contributed by atoms with E-state index < -0.39 is 26.0 Å². The maximum Gasteiger partial charge on any atom is 0.253 e. The molecular weight excluding hydrogens is 434 g/mol. The lowest BCUT2D eigenvalue weighted by atomic mass is 10.1. The van der Waals surface area contributed by atoms with Crippen LogP contribution in [-0.2, 0) is 26.6 Å². The van der Waals surface area contributed by atoms with Crippen molar-refractivity contribution in [3.63, 3.8) is 0 Å². The number of hydrogen-bond acceptors (Lipinski definition) is 7. The number of nitrogens with zero attached hydrogens (tertiary/aromatic N) is 1. The van der Waals surface area contributed by atoms with Gasteiger partial charge < -0.3 is 14.8 Å². The van der Waals surface area contributed by atoms with Crippen molar-refractivity contribution in [2.45, 2.75) is 11.4 Å². The van der Waals surface area contributed by atoms with Gasteiger partial charge in [-0.25, -0.2) is 22.0 Å². The molecule has 0 heterocycles. The molecule has 0 unspecified atom stereocenters. The van der Waals surface area contributed by atoms with Gasteiger partial charge in [-0.05, 0) is 23.8 Å². The van der Waals surface area contributed by atoms with Crippen molar-refractivity contribution in [1.29, 1.82) is 0 Å². The summed E-state index contributed by atoms with van der Waals surface area (Å²) in [6.45, 7) is 0.0695. The first-order valence-electron chi connectivity index (χ1n) is 8.48. The van der Waals surface area contributed by atoms with Crippen molar-refractivity contribution in [3.05, 3.63) is 47.5 Å². The van der Waals surface area contributed by atoms with Crippen molar-refractivity contribution in [2.24, 2.45) is 5.14 Å². The molecule has 0 aliphatic rings. The molecule has 10 nitrogen and oxygen atoms in total. The molecule has 0 saturated heterocycles. The highest BCUT2D eigenvalue weighted by Crippen LogP contribution is 2.35. The SMILES string of the molecule is COc1cc(C(=O)NCc2ccc(S(N)(=O)=O)cc2)c(N(C)S(C)(=O)=O)cc1OC. The molecule has 0 aliphatic carbocycles. The first-order chi connectivity index (χ1) is 13.9. The van der Waals surface area contributed by atoms with Gasteiger partial charge in [0.2, 0.25) is 20.0 Å². The molecule has 30 heavy (non-hydrogen) atoms. The Balaban J connectivity index is 2.35. The Labute approximate surface area is 175 Å². The van der Waals surface area contributed by atoms with E-state index in [4.69, 9.17) is 14.6 Å². The molecule has 2 aromatic carbocycles. The van der Waals surface area contributed by atoms with E-state index >= 15 is 0 Å². The van der Waals surface area contributed by atoms with Crippen molar-refractivity contribution < 1.29 is 31.1 Å². The van der Waals surface area contributed by atoms with Gasteiger partial charge >= 0.3 is 0 Å². The van der Waals surface area contributed by atoms with Crippen molar-refractivity contribution >= 4 is 31.6 Å². The van der Waals surface area contributed by atoms with E-state index in [1.54, 1.807) is 0 Å². The van der Waals surface area contributed by atoms with Gasteiger partial charge in [0.15, 0.2) is 11.5 Å². The molecule has 0 atom stereocenters. The molecule has 0 radical (unpaired) electrons. The van der Waals surface area contributed by atoms with Crippen molar-refractivity contribution in [1.82, 2.24) is 5.32 Å². The fraction of sp³-hybridized carbons (Fsp3) is 0.278. The van der Waals surface area contributed by atoms with Gasteiger partial charge in [0.25, 0.3) is 5.91 Å². The Bertz CT molecular complexity index is 1150. The molecule has 164 valence electrons. The van der Waals surface area contributed by atoms with E-state index in [0.717, 1.165) is 10.6 Å². The van der Waals surface area contributed by atoms with Gasteiger partial charge in [-0.2, -0.15) is 0 Å². The maximum atomic E-state index is 12.8. The van der Waals surface area contributed by atoms with Crippen LogP contribution in [0.5, 0.6) is 11.5 Å². The number of benzene rings is 2. The molecule has 1 amide bonds. The van der Waals surface area contributed by atoms with E-state index in [-0.39, 0.29) is 34.2 Å². The number of primary sulfonamides is 1. The lowest BCUT2D eigenvalue weighted by Crippen LogP contribution is -2.30. The number of carbonyl (C=O) groups excluding carboxylic acids is 1. The van der Waals surface area contributed by atoms with Crippen LogP contribution in [0.1, 0.15) is 15.9 Å². The average molecular weight is 458 g/mol. The summed E-state index contributed by atoms with van der Waals surface area (Å²) in [5.41, 5.74) is 0.785. The average Bonchev–Trinajstić information content (AvgIpc) is 2.69. The second-order valence-corrected chi connectivity index (χ2v) is 9.90. The van der Waals surface area contributed by atoms with Gasteiger partial charge in [0, 0.05) is 19.7 Å². The standard InChI is InChI=1S/C18H23N3O7S2/c1-21(29(4,23)24)15-10-17(28-3)16(27-2)9-14(15)18(22)20-11-12-5-7-13(8-6-12)30(19,25)26/h5-10H,11H2,1-4H3,(H,20,22)(H2,19,25,26). The fourth-order valence-corrected chi connectivity index (χ4v) is 3.59. The van der Waals surface area contributed by atoms with Gasteiger partial charge in [0.1, 0.15) is 0 Å². The van der Waals surface area contributed by atoms with Crippen molar-refractivity contribution in [2.75, 3.05) is 31.8 Å². The third-order valence-corrected chi connectivity index (χ3v) is 6.41. The van der Waals surface area contributed by atoms with Crippen LogP contribution in [-0.4, -0.2) is 50.3 Å². The Morgan fingerprint density at radius 2 is 1.57 bits per heavy atom. The van der Waals surface area contributed by atoms with Gasteiger partial charge in [0.05, 0.1) is 36.6 Å². The summed E-state index contributed by atoms with van der Waals surface area (Å²) >= 11 is 0. The highest BCUT2D eigenvalue weighted by molar-refractivity contribution is 7.92. The number of ether oxygens (including phenoxy) is 2.